The lowest BCUT2D eigenvalue weighted by Crippen LogP contribution is -2.40. The van der Waals surface area contributed by atoms with Crippen molar-refractivity contribution in [1.29, 1.82) is 0 Å². The fourth-order valence-corrected chi connectivity index (χ4v) is 1.88. The standard InChI is InChI=1S/C14H18ClN4O/c1-11(9-12-7-5-4-6-8-12)19-10-13(20-17-19)16-14(15)18(2)3/h4-8,10-11H,9H2,1-3H3/q+1/p+1. The topological polar surface area (TPSA) is 45.0 Å². The molecule has 6 heteroatoms. The van der Waals surface area contributed by atoms with Gasteiger partial charge < -0.3 is 0 Å². The van der Waals surface area contributed by atoms with Gasteiger partial charge in [-0.05, 0) is 10.2 Å². The van der Waals surface area contributed by atoms with Gasteiger partial charge in [0.25, 0.3) is 6.20 Å². The third kappa shape index (κ3) is 3.81. The monoisotopic (exact) mass is 294 g/mol. The maximum Gasteiger partial charge on any atom is 0.384 e. The van der Waals surface area contributed by atoms with Crippen molar-refractivity contribution in [1.82, 2.24) is 5.27 Å². The summed E-state index contributed by atoms with van der Waals surface area (Å²) >= 11 is 6.00. The summed E-state index contributed by atoms with van der Waals surface area (Å²) in [6.45, 7) is 2.09. The molecule has 0 aliphatic carbocycles. The summed E-state index contributed by atoms with van der Waals surface area (Å²) < 4.78 is 8.75. The number of nitrogens with one attached hydrogen (secondary N) is 1. The van der Waals surface area contributed by atoms with Crippen LogP contribution in [-0.2, 0) is 6.42 Å². The van der Waals surface area contributed by atoms with Crippen LogP contribution in [0.15, 0.2) is 41.1 Å². The minimum absolute atomic E-state index is 0.204. The van der Waals surface area contributed by atoms with Crippen molar-refractivity contribution in [3.63, 3.8) is 0 Å². The number of amidine groups is 1. The number of hydrogen-bond donors (Lipinski definition) is 1. The maximum absolute atomic E-state index is 6.00. The molecule has 0 aliphatic heterocycles. The highest BCUT2D eigenvalue weighted by Gasteiger charge is 2.22. The van der Waals surface area contributed by atoms with E-state index >= 15 is 0 Å². The molecule has 0 saturated heterocycles. The van der Waals surface area contributed by atoms with Gasteiger partial charge in [0, 0.05) is 24.9 Å². The van der Waals surface area contributed by atoms with E-state index in [1.807, 2.05) is 32.3 Å². The second kappa shape index (κ2) is 6.52. The van der Waals surface area contributed by atoms with Gasteiger partial charge in [-0.1, -0.05) is 30.3 Å². The second-order valence-corrected chi connectivity index (χ2v) is 5.25. The summed E-state index contributed by atoms with van der Waals surface area (Å²) in [5.74, 6) is 0.517. The molecule has 0 spiro atoms. The van der Waals surface area contributed by atoms with Crippen LogP contribution < -0.4 is 10.00 Å². The molecule has 0 radical (unpaired) electrons. The van der Waals surface area contributed by atoms with Crippen LogP contribution in [0.2, 0.25) is 0 Å². The van der Waals surface area contributed by atoms with Gasteiger partial charge in [0.1, 0.15) is 0 Å². The molecular formula is C14H19ClN4O+2. The number of hydrogen-bond acceptors (Lipinski definition) is 2. The zero-order valence-corrected chi connectivity index (χ0v) is 12.6. The lowest BCUT2D eigenvalue weighted by molar-refractivity contribution is -0.782. The number of aromatic nitrogens is 2. The van der Waals surface area contributed by atoms with Crippen molar-refractivity contribution in [2.45, 2.75) is 19.4 Å². The number of benzene rings is 1. The van der Waals surface area contributed by atoms with E-state index in [-0.39, 0.29) is 6.04 Å². The Morgan fingerprint density at radius 2 is 2.10 bits per heavy atom. The Morgan fingerprint density at radius 3 is 2.75 bits per heavy atom. The van der Waals surface area contributed by atoms with Crippen molar-refractivity contribution < 1.29 is 13.8 Å². The molecule has 1 unspecified atom stereocenters. The molecule has 0 fully saturated rings. The first-order valence-electron chi connectivity index (χ1n) is 6.45. The van der Waals surface area contributed by atoms with Gasteiger partial charge in [0.05, 0.1) is 14.1 Å². The molecule has 0 amide bonds. The smallest absolute Gasteiger partial charge is 0.257 e. The molecule has 1 aromatic heterocycles. The van der Waals surface area contributed by atoms with Gasteiger partial charge in [-0.3, -0.25) is 9.10 Å². The third-order valence-electron chi connectivity index (χ3n) is 2.93. The van der Waals surface area contributed by atoms with Crippen LogP contribution in [0.1, 0.15) is 18.5 Å². The van der Waals surface area contributed by atoms with Crippen LogP contribution in [0, 0.1) is 0 Å². The van der Waals surface area contributed by atoms with E-state index in [9.17, 15) is 0 Å². The fourth-order valence-electron chi connectivity index (χ4n) is 1.78. The average Bonchev–Trinajstić information content (AvgIpc) is 2.88. The van der Waals surface area contributed by atoms with Crippen LogP contribution in [0.4, 0.5) is 5.88 Å². The average molecular weight is 295 g/mol. The molecule has 106 valence electrons. The van der Waals surface area contributed by atoms with E-state index < -0.39 is 0 Å². The second-order valence-electron chi connectivity index (χ2n) is 4.90. The molecule has 0 bridgehead atoms. The highest BCUT2D eigenvalue weighted by atomic mass is 35.5. The Labute approximate surface area is 123 Å². The zero-order valence-electron chi connectivity index (χ0n) is 11.9. The van der Waals surface area contributed by atoms with Gasteiger partial charge in [0.15, 0.2) is 6.04 Å². The van der Waals surface area contributed by atoms with Crippen LogP contribution in [-0.4, -0.2) is 29.2 Å². The first-order chi connectivity index (χ1) is 9.56. The predicted molar refractivity (Wildman–Crippen MR) is 78.1 cm³/mol. The molecule has 2 aromatic rings. The molecule has 2 rings (SSSR count). The first-order valence-corrected chi connectivity index (χ1v) is 6.83. The van der Waals surface area contributed by atoms with Gasteiger partial charge in [-0.25, -0.2) is 0 Å². The predicted octanol–water partition coefficient (Wildman–Crippen LogP) is 2.04. The van der Waals surface area contributed by atoms with Crippen molar-refractivity contribution >= 4 is 22.8 Å². The Kier molecular flexibility index (Phi) is 4.74. The van der Waals surface area contributed by atoms with Crippen molar-refractivity contribution in [2.24, 2.45) is 0 Å². The van der Waals surface area contributed by atoms with Crippen molar-refractivity contribution in [3.8, 4) is 0 Å². The third-order valence-corrected chi connectivity index (χ3v) is 3.36. The number of rotatable bonds is 4. The minimum Gasteiger partial charge on any atom is -0.257 e. The van der Waals surface area contributed by atoms with Crippen LogP contribution in [0.25, 0.3) is 0 Å². The number of nitrogens with zero attached hydrogens (tertiary/aromatic N) is 3. The van der Waals surface area contributed by atoms with E-state index in [2.05, 4.69) is 29.6 Å². The Balaban J connectivity index is 2.03. The Hall–Kier alpha value is -1.88. The number of halogens is 1. The van der Waals surface area contributed by atoms with Crippen LogP contribution in [0.5, 0.6) is 0 Å². The van der Waals surface area contributed by atoms with Crippen molar-refractivity contribution in [2.75, 3.05) is 19.4 Å². The summed E-state index contributed by atoms with van der Waals surface area (Å²) in [4.78, 5) is 0. The van der Waals surface area contributed by atoms with E-state index in [4.69, 9.17) is 16.1 Å². The van der Waals surface area contributed by atoms with Gasteiger partial charge >= 0.3 is 11.2 Å². The van der Waals surface area contributed by atoms with Gasteiger partial charge in [-0.15, -0.1) is 0 Å². The van der Waals surface area contributed by atoms with Gasteiger partial charge in [0.2, 0.25) is 5.27 Å². The SMILES string of the molecule is CC(Cc1ccccc1)[n+]1cc(NC(Cl)=[N+](C)C)on1. The largest absolute Gasteiger partial charge is 0.384 e. The molecule has 0 saturated carbocycles. The van der Waals surface area contributed by atoms with E-state index in [0.29, 0.717) is 11.2 Å². The van der Waals surface area contributed by atoms with Crippen LogP contribution >= 0.6 is 11.6 Å². The highest BCUT2D eigenvalue weighted by Crippen LogP contribution is 2.09. The van der Waals surface area contributed by atoms with E-state index in [1.165, 1.54) is 5.56 Å². The normalized spacial score (nSPS) is 12.0. The molecule has 1 N–H and O–H groups in total. The first kappa shape index (κ1) is 14.5. The Bertz CT molecular complexity index is 590. The molecule has 1 atom stereocenters. The maximum atomic E-state index is 6.00. The quantitative estimate of drug-likeness (QED) is 0.406. The summed E-state index contributed by atoms with van der Waals surface area (Å²) in [6, 6.07) is 10.5. The minimum atomic E-state index is 0.204. The fraction of sp³-hybridized carbons (Fsp3) is 0.357. The molecule has 0 aliphatic rings. The van der Waals surface area contributed by atoms with E-state index in [0.717, 1.165) is 6.42 Å². The highest BCUT2D eigenvalue weighted by molar-refractivity contribution is 6.65. The summed E-state index contributed by atoms with van der Waals surface area (Å²) in [5, 5.41) is 7.43. The molecule has 20 heavy (non-hydrogen) atoms. The van der Waals surface area contributed by atoms with Crippen molar-refractivity contribution in [3.05, 3.63) is 42.1 Å². The Morgan fingerprint density at radius 1 is 1.40 bits per heavy atom. The summed E-state index contributed by atoms with van der Waals surface area (Å²) in [7, 11) is 3.69. The summed E-state index contributed by atoms with van der Waals surface area (Å²) in [6.07, 6.45) is 2.70. The summed E-state index contributed by atoms with van der Waals surface area (Å²) in [5.41, 5.74) is 1.27. The van der Waals surface area contributed by atoms with Crippen LogP contribution in [0.3, 0.4) is 0 Å². The lowest BCUT2D eigenvalue weighted by Gasteiger charge is -2.01. The lowest BCUT2D eigenvalue weighted by atomic mass is 10.1. The van der Waals surface area contributed by atoms with Gasteiger partial charge in [-0.2, -0.15) is 5.32 Å². The molecule has 1 heterocycles. The zero-order chi connectivity index (χ0) is 14.5. The molecule has 5 nitrogen and oxygen atoms in total. The molecular weight excluding hydrogens is 276 g/mol. The molecule has 1 aromatic carbocycles. The van der Waals surface area contributed by atoms with E-state index in [1.54, 1.807) is 15.5 Å². The number of anilines is 1.